The van der Waals surface area contributed by atoms with Crippen molar-refractivity contribution >= 4 is 21.6 Å². The molecule has 0 saturated carbocycles. The highest BCUT2D eigenvalue weighted by molar-refractivity contribution is 9.10. The van der Waals surface area contributed by atoms with Crippen molar-refractivity contribution in [2.75, 3.05) is 0 Å². The molecule has 0 heterocycles. The molecule has 0 aliphatic rings. The molecule has 2 atom stereocenters. The molecule has 17 heavy (non-hydrogen) atoms. The highest BCUT2D eigenvalue weighted by atomic mass is 79.9. The Labute approximate surface area is 109 Å². The Balaban J connectivity index is 3.01. The molecule has 2 N–H and O–H groups in total. The molecule has 5 heteroatoms. The third kappa shape index (κ3) is 3.78. The van der Waals surface area contributed by atoms with Crippen molar-refractivity contribution in [2.45, 2.75) is 32.7 Å². The Kier molecular flexibility index (Phi) is 5.08. The van der Waals surface area contributed by atoms with Gasteiger partial charge in [-0.15, -0.1) is 0 Å². The molecule has 0 spiro atoms. The molecule has 94 valence electrons. The molecule has 1 aromatic rings. The molecule has 0 bridgehead atoms. The minimum absolute atomic E-state index is 0.0447. The smallest absolute Gasteiger partial charge is 0.273 e. The van der Waals surface area contributed by atoms with Gasteiger partial charge in [0.1, 0.15) is 0 Å². The summed E-state index contributed by atoms with van der Waals surface area (Å²) < 4.78 is 0.724. The first kappa shape index (κ1) is 14.1. The number of rotatable bonds is 5. The fraction of sp³-hybridized carbons (Fsp3) is 0.500. The van der Waals surface area contributed by atoms with Crippen molar-refractivity contribution in [2.24, 2.45) is 11.7 Å². The highest BCUT2D eigenvalue weighted by Gasteiger charge is 2.19. The zero-order valence-corrected chi connectivity index (χ0v) is 11.6. The van der Waals surface area contributed by atoms with E-state index < -0.39 is 0 Å². The van der Waals surface area contributed by atoms with Crippen molar-refractivity contribution in [1.82, 2.24) is 0 Å². The van der Waals surface area contributed by atoms with E-state index >= 15 is 0 Å². The number of hydrogen-bond acceptors (Lipinski definition) is 3. The number of hydrogen-bond donors (Lipinski definition) is 1. The number of nitro groups is 1. The molecule has 0 aliphatic carbocycles. The Morgan fingerprint density at radius 1 is 1.53 bits per heavy atom. The van der Waals surface area contributed by atoms with E-state index in [9.17, 15) is 10.1 Å². The van der Waals surface area contributed by atoms with Gasteiger partial charge in [0.05, 0.1) is 4.92 Å². The van der Waals surface area contributed by atoms with E-state index in [4.69, 9.17) is 5.73 Å². The second-order valence-corrected chi connectivity index (χ2v) is 5.18. The minimum atomic E-state index is -0.339. The van der Waals surface area contributed by atoms with Gasteiger partial charge >= 0.3 is 0 Å². The first-order valence-corrected chi connectivity index (χ1v) is 6.43. The van der Waals surface area contributed by atoms with Crippen molar-refractivity contribution in [3.05, 3.63) is 38.3 Å². The Morgan fingerprint density at radius 2 is 2.18 bits per heavy atom. The molecule has 0 saturated heterocycles. The standard InChI is InChI=1S/C12H17BrN2O2/c1-3-9(8(2)14)6-10-4-5-11(13)7-12(10)15(16)17/h4-5,7-9H,3,6,14H2,1-2H3. The summed E-state index contributed by atoms with van der Waals surface area (Å²) in [7, 11) is 0. The molecule has 1 aromatic carbocycles. The predicted octanol–water partition coefficient (Wildman–Crippen LogP) is 3.27. The van der Waals surface area contributed by atoms with Gasteiger partial charge in [0.2, 0.25) is 0 Å². The van der Waals surface area contributed by atoms with Crippen LogP contribution in [0.1, 0.15) is 25.8 Å². The third-order valence-electron chi connectivity index (χ3n) is 2.99. The molecule has 0 aromatic heterocycles. The zero-order valence-electron chi connectivity index (χ0n) is 10.0. The summed E-state index contributed by atoms with van der Waals surface area (Å²) in [6.45, 7) is 4.00. The summed E-state index contributed by atoms with van der Waals surface area (Å²) in [5.74, 6) is 0.273. The monoisotopic (exact) mass is 300 g/mol. The van der Waals surface area contributed by atoms with Crippen molar-refractivity contribution in [1.29, 1.82) is 0 Å². The molecule has 1 rings (SSSR count). The lowest BCUT2D eigenvalue weighted by Gasteiger charge is -2.18. The molecule has 0 fully saturated rings. The number of nitrogens with zero attached hydrogens (tertiary/aromatic N) is 1. The van der Waals surface area contributed by atoms with Crippen molar-refractivity contribution < 1.29 is 4.92 Å². The third-order valence-corrected chi connectivity index (χ3v) is 3.49. The molecule has 4 nitrogen and oxygen atoms in total. The van der Waals surface area contributed by atoms with E-state index in [2.05, 4.69) is 22.9 Å². The van der Waals surface area contributed by atoms with Crippen LogP contribution < -0.4 is 5.73 Å². The van der Waals surface area contributed by atoms with Gasteiger partial charge in [0, 0.05) is 22.1 Å². The first-order valence-electron chi connectivity index (χ1n) is 5.64. The van der Waals surface area contributed by atoms with Gasteiger partial charge in [-0.3, -0.25) is 10.1 Å². The SMILES string of the molecule is CCC(Cc1ccc(Br)cc1[N+](=O)[O-])C(C)N. The van der Waals surface area contributed by atoms with E-state index in [-0.39, 0.29) is 22.6 Å². The van der Waals surface area contributed by atoms with Gasteiger partial charge in [0.15, 0.2) is 0 Å². The van der Waals surface area contributed by atoms with Crippen molar-refractivity contribution in [3.63, 3.8) is 0 Å². The number of benzene rings is 1. The Hall–Kier alpha value is -0.940. The molecule has 0 radical (unpaired) electrons. The van der Waals surface area contributed by atoms with Crippen LogP contribution in [-0.2, 0) is 6.42 Å². The molecule has 2 unspecified atom stereocenters. The summed E-state index contributed by atoms with van der Waals surface area (Å²) in [5, 5.41) is 11.0. The van der Waals surface area contributed by atoms with Gasteiger partial charge < -0.3 is 5.73 Å². The first-order chi connectivity index (χ1) is 7.95. The molecular weight excluding hydrogens is 284 g/mol. The summed E-state index contributed by atoms with van der Waals surface area (Å²) >= 11 is 3.25. The minimum Gasteiger partial charge on any atom is -0.328 e. The maximum atomic E-state index is 11.0. The number of halogens is 1. The number of nitro benzene ring substituents is 1. The molecular formula is C12H17BrN2O2. The fourth-order valence-electron chi connectivity index (χ4n) is 1.86. The largest absolute Gasteiger partial charge is 0.328 e. The van der Waals surface area contributed by atoms with Gasteiger partial charge in [-0.25, -0.2) is 0 Å². The van der Waals surface area contributed by atoms with E-state index in [0.717, 1.165) is 16.5 Å². The Bertz CT molecular complexity index is 407. The van der Waals surface area contributed by atoms with E-state index in [1.165, 1.54) is 0 Å². The lowest BCUT2D eigenvalue weighted by Crippen LogP contribution is -2.27. The second kappa shape index (κ2) is 6.12. The molecule has 0 amide bonds. The number of nitrogens with two attached hydrogens (primary N) is 1. The maximum Gasteiger partial charge on any atom is 0.273 e. The maximum absolute atomic E-state index is 11.0. The van der Waals surface area contributed by atoms with E-state index in [1.54, 1.807) is 12.1 Å². The average molecular weight is 301 g/mol. The predicted molar refractivity (Wildman–Crippen MR) is 71.9 cm³/mol. The fourth-order valence-corrected chi connectivity index (χ4v) is 2.21. The summed E-state index contributed by atoms with van der Waals surface area (Å²) in [4.78, 5) is 10.6. The van der Waals surface area contributed by atoms with Crippen LogP contribution in [0.5, 0.6) is 0 Å². The van der Waals surface area contributed by atoms with Crippen molar-refractivity contribution in [3.8, 4) is 0 Å². The quantitative estimate of drug-likeness (QED) is 0.670. The van der Waals surface area contributed by atoms with Crippen LogP contribution >= 0.6 is 15.9 Å². The lowest BCUT2D eigenvalue weighted by molar-refractivity contribution is -0.385. The van der Waals surface area contributed by atoms with E-state index in [0.29, 0.717) is 6.42 Å². The van der Waals surface area contributed by atoms with Gasteiger partial charge in [-0.2, -0.15) is 0 Å². The normalized spacial score (nSPS) is 14.4. The molecule has 0 aliphatic heterocycles. The highest BCUT2D eigenvalue weighted by Crippen LogP contribution is 2.27. The van der Waals surface area contributed by atoms with Gasteiger partial charge in [0.25, 0.3) is 5.69 Å². The van der Waals surface area contributed by atoms with Crippen LogP contribution in [0.25, 0.3) is 0 Å². The van der Waals surface area contributed by atoms with Gasteiger partial charge in [-0.05, 0) is 25.3 Å². The van der Waals surface area contributed by atoms with Crippen LogP contribution in [0.3, 0.4) is 0 Å². The van der Waals surface area contributed by atoms with E-state index in [1.807, 2.05) is 13.0 Å². The lowest BCUT2D eigenvalue weighted by atomic mass is 9.91. The zero-order chi connectivity index (χ0) is 13.0. The second-order valence-electron chi connectivity index (χ2n) is 4.26. The summed E-state index contributed by atoms with van der Waals surface area (Å²) in [5.41, 5.74) is 6.79. The summed E-state index contributed by atoms with van der Waals surface area (Å²) in [6, 6.07) is 5.22. The van der Waals surface area contributed by atoms with Gasteiger partial charge in [-0.1, -0.05) is 35.3 Å². The van der Waals surface area contributed by atoms with Crippen LogP contribution in [0, 0.1) is 16.0 Å². The summed E-state index contributed by atoms with van der Waals surface area (Å²) in [6.07, 6.45) is 1.57. The topological polar surface area (TPSA) is 69.2 Å². The van der Waals surface area contributed by atoms with Crippen LogP contribution in [-0.4, -0.2) is 11.0 Å². The van der Waals surface area contributed by atoms with Crippen LogP contribution in [0.15, 0.2) is 22.7 Å². The Morgan fingerprint density at radius 3 is 2.65 bits per heavy atom. The average Bonchev–Trinajstić information content (AvgIpc) is 2.26. The van der Waals surface area contributed by atoms with Crippen LogP contribution in [0.2, 0.25) is 0 Å². The van der Waals surface area contributed by atoms with Crippen LogP contribution in [0.4, 0.5) is 5.69 Å².